The van der Waals surface area contributed by atoms with Crippen LogP contribution in [0.3, 0.4) is 0 Å². The van der Waals surface area contributed by atoms with Gasteiger partial charge in [0.05, 0.1) is 23.1 Å². The molecule has 1 aliphatic heterocycles. The summed E-state index contributed by atoms with van der Waals surface area (Å²) in [6, 6.07) is 4.50. The summed E-state index contributed by atoms with van der Waals surface area (Å²) in [4.78, 5) is 12.3. The molecule has 1 atom stereocenters. The zero-order valence-corrected chi connectivity index (χ0v) is 14.3. The molecule has 0 amide bonds. The molecule has 2 N–H and O–H groups in total. The van der Waals surface area contributed by atoms with Crippen molar-refractivity contribution in [2.45, 2.75) is 19.8 Å². The Morgan fingerprint density at radius 2 is 2.08 bits per heavy atom. The Hall–Kier alpha value is -2.23. The summed E-state index contributed by atoms with van der Waals surface area (Å²) in [6.07, 6.45) is 0. The van der Waals surface area contributed by atoms with Crippen molar-refractivity contribution in [3.8, 4) is 6.07 Å². The fourth-order valence-electron chi connectivity index (χ4n) is 2.45. The van der Waals surface area contributed by atoms with E-state index < -0.39 is 17.7 Å². The van der Waals surface area contributed by atoms with Gasteiger partial charge in [-0.15, -0.1) is 0 Å². The van der Waals surface area contributed by atoms with Crippen LogP contribution in [-0.2, 0) is 14.3 Å². The molecule has 0 spiro atoms. The van der Waals surface area contributed by atoms with Crippen LogP contribution < -0.4 is 5.73 Å². The summed E-state index contributed by atoms with van der Waals surface area (Å²) in [7, 11) is 0. The van der Waals surface area contributed by atoms with Gasteiger partial charge in [0.2, 0.25) is 5.88 Å². The molecule has 0 saturated heterocycles. The van der Waals surface area contributed by atoms with E-state index in [1.165, 1.54) is 19.1 Å². The molecule has 1 unspecified atom stereocenters. The average Bonchev–Trinajstić information content (AvgIpc) is 2.51. The number of carbonyl (C=O) groups is 1. The summed E-state index contributed by atoms with van der Waals surface area (Å²) in [6.45, 7) is 3.18. The number of nitrogens with zero attached hydrogens (tertiary/aromatic N) is 1. The highest BCUT2D eigenvalue weighted by molar-refractivity contribution is 6.34. The molecule has 0 bridgehead atoms. The minimum atomic E-state index is -1.17. The number of hydrogen-bond acceptors (Lipinski definition) is 5. The van der Waals surface area contributed by atoms with Gasteiger partial charge in [0, 0.05) is 10.6 Å². The third-order valence-electron chi connectivity index (χ3n) is 3.47. The van der Waals surface area contributed by atoms with E-state index >= 15 is 0 Å². The molecular weight excluding hydrogens is 358 g/mol. The van der Waals surface area contributed by atoms with Crippen molar-refractivity contribution in [3.63, 3.8) is 0 Å². The lowest BCUT2D eigenvalue weighted by Gasteiger charge is -2.27. The molecule has 24 heavy (non-hydrogen) atoms. The Morgan fingerprint density at radius 1 is 1.46 bits per heavy atom. The van der Waals surface area contributed by atoms with Gasteiger partial charge in [0.15, 0.2) is 0 Å². The van der Waals surface area contributed by atoms with Gasteiger partial charge in [-0.2, -0.15) is 5.26 Å². The lowest BCUT2D eigenvalue weighted by atomic mass is 9.82. The van der Waals surface area contributed by atoms with Crippen LogP contribution in [0.4, 0.5) is 4.39 Å². The Labute approximate surface area is 148 Å². The Kier molecular flexibility index (Phi) is 5.37. The van der Waals surface area contributed by atoms with Crippen LogP contribution in [0, 0.1) is 17.1 Å². The number of nitriles is 1. The maximum absolute atomic E-state index is 14.6. The maximum atomic E-state index is 14.6. The van der Waals surface area contributed by atoms with E-state index in [4.69, 9.17) is 38.4 Å². The second-order valence-corrected chi connectivity index (χ2v) is 5.69. The first-order chi connectivity index (χ1) is 11.3. The Morgan fingerprint density at radius 3 is 2.67 bits per heavy atom. The summed E-state index contributed by atoms with van der Waals surface area (Å²) >= 11 is 11.9. The van der Waals surface area contributed by atoms with Crippen molar-refractivity contribution >= 4 is 29.2 Å². The summed E-state index contributed by atoms with van der Waals surface area (Å²) in [5.74, 6) is -2.90. The second kappa shape index (κ2) is 7.12. The number of nitrogens with two attached hydrogens (primary N) is 1. The Balaban J connectivity index is 2.77. The molecule has 8 heteroatoms. The monoisotopic (exact) mass is 370 g/mol. The molecule has 2 rings (SSSR count). The number of carbonyl (C=O) groups excluding carboxylic acids is 1. The molecule has 1 aromatic rings. The molecule has 126 valence electrons. The van der Waals surface area contributed by atoms with E-state index in [0.717, 1.165) is 0 Å². The van der Waals surface area contributed by atoms with Crippen LogP contribution in [-0.4, -0.2) is 12.6 Å². The van der Waals surface area contributed by atoms with Gasteiger partial charge in [0.25, 0.3) is 0 Å². The van der Waals surface area contributed by atoms with Gasteiger partial charge in [-0.3, -0.25) is 0 Å². The van der Waals surface area contributed by atoms with Crippen molar-refractivity contribution in [2.75, 3.05) is 6.61 Å². The van der Waals surface area contributed by atoms with Crippen molar-refractivity contribution in [2.24, 2.45) is 5.73 Å². The van der Waals surface area contributed by atoms with Gasteiger partial charge in [-0.25, -0.2) is 9.18 Å². The average molecular weight is 371 g/mol. The highest BCUT2D eigenvalue weighted by atomic mass is 35.5. The summed E-state index contributed by atoms with van der Waals surface area (Å²) in [5, 5.41) is 9.22. The van der Waals surface area contributed by atoms with Crippen LogP contribution in [0.25, 0.3) is 0 Å². The number of halogens is 3. The molecule has 1 heterocycles. The SMILES string of the molecule is CCOC(=O)C1=C(C)OC(N)=C(C#N)C1c1c(Cl)ccc(Cl)c1F. The van der Waals surface area contributed by atoms with Crippen LogP contribution in [0.1, 0.15) is 25.3 Å². The number of esters is 1. The fourth-order valence-corrected chi connectivity index (χ4v) is 2.87. The highest BCUT2D eigenvalue weighted by Crippen LogP contribution is 2.44. The summed E-state index contributed by atoms with van der Waals surface area (Å²) in [5.41, 5.74) is 5.41. The van der Waals surface area contributed by atoms with Crippen molar-refractivity contribution < 1.29 is 18.7 Å². The quantitative estimate of drug-likeness (QED) is 0.646. The first-order valence-electron chi connectivity index (χ1n) is 6.92. The third-order valence-corrected chi connectivity index (χ3v) is 4.09. The molecule has 5 nitrogen and oxygen atoms in total. The smallest absolute Gasteiger partial charge is 0.338 e. The largest absolute Gasteiger partial charge is 0.463 e. The van der Waals surface area contributed by atoms with Crippen LogP contribution >= 0.6 is 23.2 Å². The molecule has 0 aromatic heterocycles. The van der Waals surface area contributed by atoms with Gasteiger partial charge < -0.3 is 15.2 Å². The molecule has 0 radical (unpaired) electrons. The molecular formula is C16H13Cl2FN2O3. The number of ether oxygens (including phenoxy) is 2. The first kappa shape index (κ1) is 18.1. The van der Waals surface area contributed by atoms with Crippen LogP contribution in [0.5, 0.6) is 0 Å². The maximum Gasteiger partial charge on any atom is 0.338 e. The predicted molar refractivity (Wildman–Crippen MR) is 86.4 cm³/mol. The second-order valence-electron chi connectivity index (χ2n) is 4.87. The van der Waals surface area contributed by atoms with E-state index in [9.17, 15) is 14.4 Å². The summed E-state index contributed by atoms with van der Waals surface area (Å²) < 4.78 is 24.9. The van der Waals surface area contributed by atoms with Gasteiger partial charge >= 0.3 is 5.97 Å². The van der Waals surface area contributed by atoms with E-state index in [1.807, 2.05) is 6.07 Å². The molecule has 1 aromatic carbocycles. The molecule has 1 aliphatic rings. The van der Waals surface area contributed by atoms with Gasteiger partial charge in [-0.1, -0.05) is 23.2 Å². The van der Waals surface area contributed by atoms with E-state index in [2.05, 4.69) is 0 Å². The zero-order valence-electron chi connectivity index (χ0n) is 12.8. The molecule has 0 saturated carbocycles. The topological polar surface area (TPSA) is 85.3 Å². The lowest BCUT2D eigenvalue weighted by molar-refractivity contribution is -0.139. The minimum Gasteiger partial charge on any atom is -0.463 e. The van der Waals surface area contributed by atoms with Crippen LogP contribution in [0.15, 0.2) is 34.9 Å². The first-order valence-corrected chi connectivity index (χ1v) is 7.67. The van der Waals surface area contributed by atoms with Gasteiger partial charge in [-0.05, 0) is 26.0 Å². The third kappa shape index (κ3) is 3.05. The van der Waals surface area contributed by atoms with Crippen LogP contribution in [0.2, 0.25) is 10.0 Å². The number of allylic oxidation sites excluding steroid dienone is 2. The highest BCUT2D eigenvalue weighted by Gasteiger charge is 2.39. The molecule has 0 aliphatic carbocycles. The van der Waals surface area contributed by atoms with Crippen molar-refractivity contribution in [1.29, 1.82) is 5.26 Å². The molecule has 0 fully saturated rings. The van der Waals surface area contributed by atoms with Crippen molar-refractivity contribution in [1.82, 2.24) is 0 Å². The Bertz CT molecular complexity index is 812. The van der Waals surface area contributed by atoms with E-state index in [1.54, 1.807) is 6.92 Å². The number of rotatable bonds is 3. The van der Waals surface area contributed by atoms with Gasteiger partial charge in [0.1, 0.15) is 23.2 Å². The van der Waals surface area contributed by atoms with Crippen molar-refractivity contribution in [3.05, 3.63) is 56.3 Å². The number of benzene rings is 1. The minimum absolute atomic E-state index is 0.000974. The normalized spacial score (nSPS) is 17.4. The zero-order chi connectivity index (χ0) is 18.0. The fraction of sp³-hybridized carbons (Fsp3) is 0.250. The number of hydrogen-bond donors (Lipinski definition) is 1. The van der Waals surface area contributed by atoms with E-state index in [0.29, 0.717) is 0 Å². The lowest BCUT2D eigenvalue weighted by Crippen LogP contribution is -2.26. The standard InChI is InChI=1S/C16H13Cl2FN2O3/c1-3-23-16(22)11-7(2)24-15(21)8(6-20)12(11)13-9(17)4-5-10(18)14(13)19/h4-5,12H,3,21H2,1-2H3. The predicted octanol–water partition coefficient (Wildman–Crippen LogP) is 3.78. The van der Waals surface area contributed by atoms with E-state index in [-0.39, 0.29) is 45.0 Å².